The first-order valence-electron chi connectivity index (χ1n) is 6.67. The summed E-state index contributed by atoms with van der Waals surface area (Å²) in [5, 5.41) is 8.83. The molecule has 2 rings (SSSR count). The fraction of sp³-hybridized carbons (Fsp3) is 0.533. The van der Waals surface area contributed by atoms with Crippen LogP contribution < -0.4 is 0 Å². The van der Waals surface area contributed by atoms with Gasteiger partial charge in [0, 0.05) is 19.6 Å². The number of aryl methyl sites for hydroxylation is 2. The molecule has 0 radical (unpaired) electrons. The van der Waals surface area contributed by atoms with E-state index in [4.69, 9.17) is 9.84 Å². The molecule has 1 heterocycles. The lowest BCUT2D eigenvalue weighted by atomic mass is 10.0. The van der Waals surface area contributed by atoms with Crippen molar-refractivity contribution in [2.24, 2.45) is 0 Å². The molecule has 0 aliphatic carbocycles. The van der Waals surface area contributed by atoms with Crippen LogP contribution in [0.5, 0.6) is 0 Å². The zero-order valence-corrected chi connectivity index (χ0v) is 11.6. The largest absolute Gasteiger partial charge is 0.481 e. The Labute approximate surface area is 114 Å². The molecule has 0 bridgehead atoms. The molecule has 1 aromatic rings. The van der Waals surface area contributed by atoms with E-state index < -0.39 is 5.97 Å². The van der Waals surface area contributed by atoms with Crippen molar-refractivity contribution in [1.82, 2.24) is 4.90 Å². The molecule has 1 fully saturated rings. The van der Waals surface area contributed by atoms with Crippen molar-refractivity contribution in [3.05, 3.63) is 34.9 Å². The first-order chi connectivity index (χ1) is 9.06. The molecule has 0 aromatic heterocycles. The Morgan fingerprint density at radius 3 is 2.74 bits per heavy atom. The second-order valence-corrected chi connectivity index (χ2v) is 5.20. The third kappa shape index (κ3) is 3.78. The molecule has 1 N–H and O–H groups in total. The van der Waals surface area contributed by atoms with E-state index in [-0.39, 0.29) is 12.5 Å². The Morgan fingerprint density at radius 2 is 2.11 bits per heavy atom. The van der Waals surface area contributed by atoms with Gasteiger partial charge in [0.2, 0.25) is 0 Å². The molecule has 1 unspecified atom stereocenters. The monoisotopic (exact) mass is 263 g/mol. The minimum atomic E-state index is -0.793. The number of aliphatic carboxylic acids is 1. The summed E-state index contributed by atoms with van der Waals surface area (Å²) in [6.45, 7) is 7.29. The lowest BCUT2D eigenvalue weighted by Gasteiger charge is -2.33. The van der Waals surface area contributed by atoms with Crippen LogP contribution >= 0.6 is 0 Å². The van der Waals surface area contributed by atoms with Crippen LogP contribution in [0.4, 0.5) is 0 Å². The van der Waals surface area contributed by atoms with Crippen LogP contribution in [0.3, 0.4) is 0 Å². The third-order valence-electron chi connectivity index (χ3n) is 3.65. The lowest BCUT2D eigenvalue weighted by Crippen LogP contribution is -2.43. The summed E-state index contributed by atoms with van der Waals surface area (Å²) >= 11 is 0. The van der Waals surface area contributed by atoms with Crippen molar-refractivity contribution in [2.45, 2.75) is 32.9 Å². The second-order valence-electron chi connectivity index (χ2n) is 5.20. The van der Waals surface area contributed by atoms with Gasteiger partial charge in [0.1, 0.15) is 0 Å². The number of morpholine rings is 1. The van der Waals surface area contributed by atoms with E-state index in [1.54, 1.807) is 0 Å². The molecule has 4 heteroatoms. The van der Waals surface area contributed by atoms with Gasteiger partial charge in [0.05, 0.1) is 19.1 Å². The number of ether oxygens (including phenoxy) is 1. The van der Waals surface area contributed by atoms with Crippen LogP contribution in [-0.4, -0.2) is 41.8 Å². The zero-order chi connectivity index (χ0) is 13.8. The number of benzene rings is 1. The Bertz CT molecular complexity index is 438. The van der Waals surface area contributed by atoms with Crippen LogP contribution in [-0.2, 0) is 16.1 Å². The third-order valence-corrected chi connectivity index (χ3v) is 3.65. The Balaban J connectivity index is 2.01. The molecular weight excluding hydrogens is 242 g/mol. The Hall–Kier alpha value is -1.39. The van der Waals surface area contributed by atoms with Crippen LogP contribution in [0.1, 0.15) is 23.1 Å². The molecule has 0 saturated carbocycles. The molecule has 19 heavy (non-hydrogen) atoms. The molecule has 1 aromatic carbocycles. The van der Waals surface area contributed by atoms with Crippen molar-refractivity contribution in [3.63, 3.8) is 0 Å². The summed E-state index contributed by atoms with van der Waals surface area (Å²) in [6.07, 6.45) is -0.0981. The van der Waals surface area contributed by atoms with E-state index in [1.165, 1.54) is 16.7 Å². The van der Waals surface area contributed by atoms with Crippen molar-refractivity contribution in [3.8, 4) is 0 Å². The van der Waals surface area contributed by atoms with Gasteiger partial charge < -0.3 is 9.84 Å². The van der Waals surface area contributed by atoms with Gasteiger partial charge in [-0.2, -0.15) is 0 Å². The van der Waals surface area contributed by atoms with E-state index in [1.807, 2.05) is 0 Å². The first-order valence-corrected chi connectivity index (χ1v) is 6.67. The van der Waals surface area contributed by atoms with E-state index in [9.17, 15) is 4.79 Å². The lowest BCUT2D eigenvalue weighted by molar-refractivity contribution is -0.142. The average molecular weight is 263 g/mol. The highest BCUT2D eigenvalue weighted by molar-refractivity contribution is 5.67. The van der Waals surface area contributed by atoms with Gasteiger partial charge in [-0.05, 0) is 30.5 Å². The molecule has 1 aliphatic heterocycles. The Kier molecular flexibility index (Phi) is 4.56. The number of rotatable bonds is 4. The van der Waals surface area contributed by atoms with Crippen LogP contribution in [0.15, 0.2) is 18.2 Å². The summed E-state index contributed by atoms with van der Waals surface area (Å²) < 4.78 is 5.49. The Morgan fingerprint density at radius 1 is 1.42 bits per heavy atom. The van der Waals surface area contributed by atoms with Gasteiger partial charge in [-0.15, -0.1) is 0 Å². The average Bonchev–Trinajstić information content (AvgIpc) is 2.34. The molecular formula is C15H21NO3. The van der Waals surface area contributed by atoms with E-state index in [0.717, 1.165) is 13.1 Å². The maximum absolute atomic E-state index is 10.7. The van der Waals surface area contributed by atoms with Crippen LogP contribution in [0.25, 0.3) is 0 Å². The molecule has 104 valence electrons. The van der Waals surface area contributed by atoms with Gasteiger partial charge in [-0.3, -0.25) is 9.69 Å². The molecule has 1 saturated heterocycles. The number of nitrogens with zero attached hydrogens (tertiary/aromatic N) is 1. The summed E-state index contributed by atoms with van der Waals surface area (Å²) in [5.41, 5.74) is 3.93. The van der Waals surface area contributed by atoms with Crippen LogP contribution in [0, 0.1) is 13.8 Å². The van der Waals surface area contributed by atoms with E-state index in [0.29, 0.717) is 13.2 Å². The highest BCUT2D eigenvalue weighted by Gasteiger charge is 2.23. The summed E-state index contributed by atoms with van der Waals surface area (Å²) in [6, 6.07) is 6.32. The second kappa shape index (κ2) is 6.17. The van der Waals surface area contributed by atoms with Gasteiger partial charge in [-0.1, -0.05) is 18.2 Å². The normalized spacial score (nSPS) is 20.4. The fourth-order valence-corrected chi connectivity index (χ4v) is 2.56. The zero-order valence-electron chi connectivity index (χ0n) is 11.6. The highest BCUT2D eigenvalue weighted by Crippen LogP contribution is 2.18. The number of carboxylic acid groups (broad SMARTS) is 1. The highest BCUT2D eigenvalue weighted by atomic mass is 16.5. The predicted molar refractivity (Wildman–Crippen MR) is 73.2 cm³/mol. The molecule has 0 spiro atoms. The summed E-state index contributed by atoms with van der Waals surface area (Å²) in [7, 11) is 0. The number of hydrogen-bond donors (Lipinski definition) is 1. The number of carboxylic acids is 1. The van der Waals surface area contributed by atoms with Crippen LogP contribution in [0.2, 0.25) is 0 Å². The van der Waals surface area contributed by atoms with Gasteiger partial charge in [0.25, 0.3) is 0 Å². The van der Waals surface area contributed by atoms with Crippen molar-refractivity contribution >= 4 is 5.97 Å². The van der Waals surface area contributed by atoms with E-state index >= 15 is 0 Å². The fourth-order valence-electron chi connectivity index (χ4n) is 2.56. The molecule has 0 amide bonds. The van der Waals surface area contributed by atoms with Crippen molar-refractivity contribution in [1.29, 1.82) is 0 Å². The maximum Gasteiger partial charge on any atom is 0.306 e. The van der Waals surface area contributed by atoms with Crippen molar-refractivity contribution < 1.29 is 14.6 Å². The number of hydrogen-bond acceptors (Lipinski definition) is 3. The smallest absolute Gasteiger partial charge is 0.306 e. The molecule has 4 nitrogen and oxygen atoms in total. The summed E-state index contributed by atoms with van der Waals surface area (Å²) in [4.78, 5) is 13.0. The standard InChI is InChI=1S/C15H21NO3/c1-11-4-3-5-12(2)14(11)10-16-6-7-19-13(9-16)8-15(17)18/h3-5,13H,6-10H2,1-2H3,(H,17,18). The molecule has 1 aliphatic rings. The van der Waals surface area contributed by atoms with Gasteiger partial charge in [-0.25, -0.2) is 0 Å². The maximum atomic E-state index is 10.7. The van der Waals surface area contributed by atoms with Gasteiger partial charge in [0.15, 0.2) is 0 Å². The topological polar surface area (TPSA) is 49.8 Å². The summed E-state index contributed by atoms with van der Waals surface area (Å²) in [5.74, 6) is -0.793. The van der Waals surface area contributed by atoms with Gasteiger partial charge >= 0.3 is 5.97 Å². The SMILES string of the molecule is Cc1cccc(C)c1CN1CCOC(CC(=O)O)C1. The first kappa shape index (κ1) is 14.0. The number of carbonyl (C=O) groups is 1. The predicted octanol–water partition coefficient (Wildman–Crippen LogP) is 1.98. The van der Waals surface area contributed by atoms with Crippen molar-refractivity contribution in [2.75, 3.05) is 19.7 Å². The quantitative estimate of drug-likeness (QED) is 0.902. The molecule has 1 atom stereocenters. The minimum absolute atomic E-state index is 0.0866. The minimum Gasteiger partial charge on any atom is -0.481 e. The van der Waals surface area contributed by atoms with E-state index in [2.05, 4.69) is 36.9 Å².